The molecule has 0 aromatic rings. The standard InChI is InChI=1S/C15H27NO/c1-11-7-8-12(2)16(11)10-14-5-4-6-15(9-14)13(3)17/h7,12-15,17H,4-6,8-10H2,1-3H3. The Bertz CT molecular complexity index is 285. The summed E-state index contributed by atoms with van der Waals surface area (Å²) in [5, 5.41) is 9.73. The minimum absolute atomic E-state index is 0.120. The maximum Gasteiger partial charge on any atom is 0.0540 e. The third-order valence-corrected chi connectivity index (χ3v) is 4.70. The van der Waals surface area contributed by atoms with Crippen LogP contribution in [0.4, 0.5) is 0 Å². The summed E-state index contributed by atoms with van der Waals surface area (Å²) in [4.78, 5) is 2.56. The van der Waals surface area contributed by atoms with Crippen LogP contribution in [-0.4, -0.2) is 28.7 Å². The topological polar surface area (TPSA) is 23.5 Å². The normalized spacial score (nSPS) is 35.9. The second-order valence-corrected chi connectivity index (χ2v) is 6.12. The number of rotatable bonds is 3. The van der Waals surface area contributed by atoms with Crippen LogP contribution in [0.3, 0.4) is 0 Å². The predicted octanol–water partition coefficient (Wildman–Crippen LogP) is 3.17. The Labute approximate surface area is 106 Å². The average molecular weight is 237 g/mol. The largest absolute Gasteiger partial charge is 0.393 e. The summed E-state index contributed by atoms with van der Waals surface area (Å²) in [5.74, 6) is 1.32. The van der Waals surface area contributed by atoms with Crippen LogP contribution in [0.1, 0.15) is 52.9 Å². The van der Waals surface area contributed by atoms with Crippen molar-refractivity contribution < 1.29 is 5.11 Å². The third-order valence-electron chi connectivity index (χ3n) is 4.70. The molecule has 1 fully saturated rings. The lowest BCUT2D eigenvalue weighted by Gasteiger charge is -2.36. The van der Waals surface area contributed by atoms with E-state index in [9.17, 15) is 5.11 Å². The molecule has 0 aromatic carbocycles. The first-order valence-electron chi connectivity index (χ1n) is 7.19. The van der Waals surface area contributed by atoms with E-state index in [4.69, 9.17) is 0 Å². The Balaban J connectivity index is 1.88. The van der Waals surface area contributed by atoms with Crippen LogP contribution in [0, 0.1) is 11.8 Å². The molecular formula is C15H27NO. The van der Waals surface area contributed by atoms with E-state index in [1.807, 2.05) is 6.92 Å². The number of hydrogen-bond donors (Lipinski definition) is 1. The molecule has 4 unspecified atom stereocenters. The van der Waals surface area contributed by atoms with E-state index < -0.39 is 0 Å². The van der Waals surface area contributed by atoms with Gasteiger partial charge in [-0.2, -0.15) is 0 Å². The van der Waals surface area contributed by atoms with Gasteiger partial charge in [-0.1, -0.05) is 12.5 Å². The first kappa shape index (κ1) is 12.9. The molecule has 1 aliphatic carbocycles. The fraction of sp³-hybridized carbons (Fsp3) is 0.867. The van der Waals surface area contributed by atoms with Gasteiger partial charge in [0.1, 0.15) is 0 Å². The molecule has 2 aliphatic rings. The maximum atomic E-state index is 9.73. The molecule has 1 heterocycles. The average Bonchev–Trinajstić information content (AvgIpc) is 2.61. The Kier molecular flexibility index (Phi) is 4.13. The van der Waals surface area contributed by atoms with Gasteiger partial charge in [0.05, 0.1) is 6.10 Å². The molecule has 0 bridgehead atoms. The van der Waals surface area contributed by atoms with E-state index in [1.54, 1.807) is 0 Å². The monoisotopic (exact) mass is 237 g/mol. The second-order valence-electron chi connectivity index (χ2n) is 6.12. The molecule has 0 spiro atoms. The Morgan fingerprint density at radius 1 is 1.47 bits per heavy atom. The van der Waals surface area contributed by atoms with Crippen LogP contribution in [0.2, 0.25) is 0 Å². The Hall–Kier alpha value is -0.500. The van der Waals surface area contributed by atoms with Crippen molar-refractivity contribution in [3.63, 3.8) is 0 Å². The highest BCUT2D eigenvalue weighted by atomic mass is 16.3. The third kappa shape index (κ3) is 3.04. The van der Waals surface area contributed by atoms with Crippen molar-refractivity contribution in [2.45, 2.75) is 65.0 Å². The Morgan fingerprint density at radius 3 is 2.82 bits per heavy atom. The molecule has 0 aromatic heterocycles. The number of aliphatic hydroxyl groups is 1. The van der Waals surface area contributed by atoms with E-state index in [-0.39, 0.29) is 6.10 Å². The van der Waals surface area contributed by atoms with Crippen LogP contribution in [0.5, 0.6) is 0 Å². The van der Waals surface area contributed by atoms with Gasteiger partial charge in [0, 0.05) is 18.3 Å². The molecule has 0 radical (unpaired) electrons. The SMILES string of the molecule is CC1=CCC(C)N1CC1CCCC(C(C)O)C1. The molecule has 1 aliphatic heterocycles. The van der Waals surface area contributed by atoms with Gasteiger partial charge in [0.2, 0.25) is 0 Å². The van der Waals surface area contributed by atoms with E-state index in [0.29, 0.717) is 12.0 Å². The zero-order chi connectivity index (χ0) is 12.4. The fourth-order valence-corrected chi connectivity index (χ4v) is 3.47. The highest BCUT2D eigenvalue weighted by Gasteiger charge is 2.28. The van der Waals surface area contributed by atoms with Crippen molar-refractivity contribution in [2.75, 3.05) is 6.54 Å². The van der Waals surface area contributed by atoms with E-state index in [1.165, 1.54) is 44.3 Å². The minimum atomic E-state index is -0.120. The summed E-state index contributed by atoms with van der Waals surface area (Å²) >= 11 is 0. The van der Waals surface area contributed by atoms with Crippen molar-refractivity contribution in [1.82, 2.24) is 4.90 Å². The zero-order valence-corrected chi connectivity index (χ0v) is 11.5. The van der Waals surface area contributed by atoms with E-state index >= 15 is 0 Å². The number of allylic oxidation sites excluding steroid dienone is 1. The molecule has 2 rings (SSSR count). The molecule has 2 nitrogen and oxygen atoms in total. The van der Waals surface area contributed by atoms with Crippen LogP contribution in [0.15, 0.2) is 11.8 Å². The van der Waals surface area contributed by atoms with Crippen molar-refractivity contribution in [1.29, 1.82) is 0 Å². The molecule has 0 amide bonds. The first-order valence-corrected chi connectivity index (χ1v) is 7.19. The van der Waals surface area contributed by atoms with Gasteiger partial charge >= 0.3 is 0 Å². The summed E-state index contributed by atoms with van der Waals surface area (Å²) in [6.45, 7) is 7.71. The molecule has 1 saturated carbocycles. The fourth-order valence-electron chi connectivity index (χ4n) is 3.47. The molecular weight excluding hydrogens is 210 g/mol. The summed E-state index contributed by atoms with van der Waals surface area (Å²) in [6, 6.07) is 0.682. The van der Waals surface area contributed by atoms with E-state index in [0.717, 1.165) is 5.92 Å². The molecule has 98 valence electrons. The maximum absolute atomic E-state index is 9.73. The summed E-state index contributed by atoms with van der Waals surface area (Å²) in [5.41, 5.74) is 1.46. The predicted molar refractivity (Wildman–Crippen MR) is 71.7 cm³/mol. The van der Waals surface area contributed by atoms with Crippen LogP contribution in [-0.2, 0) is 0 Å². The van der Waals surface area contributed by atoms with Crippen molar-refractivity contribution in [2.24, 2.45) is 11.8 Å². The lowest BCUT2D eigenvalue weighted by molar-refractivity contribution is 0.0740. The van der Waals surface area contributed by atoms with Crippen LogP contribution >= 0.6 is 0 Å². The number of aliphatic hydroxyl groups excluding tert-OH is 1. The van der Waals surface area contributed by atoms with Crippen molar-refractivity contribution in [3.05, 3.63) is 11.8 Å². The van der Waals surface area contributed by atoms with Gasteiger partial charge in [-0.3, -0.25) is 0 Å². The molecule has 0 saturated heterocycles. The smallest absolute Gasteiger partial charge is 0.0540 e. The van der Waals surface area contributed by atoms with Crippen molar-refractivity contribution >= 4 is 0 Å². The lowest BCUT2D eigenvalue weighted by Crippen LogP contribution is -2.35. The van der Waals surface area contributed by atoms with Crippen molar-refractivity contribution in [3.8, 4) is 0 Å². The summed E-state index contributed by atoms with van der Waals surface area (Å²) < 4.78 is 0. The highest BCUT2D eigenvalue weighted by molar-refractivity contribution is 5.08. The van der Waals surface area contributed by atoms with Gasteiger partial charge in [-0.05, 0) is 58.3 Å². The molecule has 2 heteroatoms. The van der Waals surface area contributed by atoms with Gasteiger partial charge in [0.25, 0.3) is 0 Å². The molecule has 1 N–H and O–H groups in total. The summed E-state index contributed by atoms with van der Waals surface area (Å²) in [7, 11) is 0. The molecule has 4 atom stereocenters. The quantitative estimate of drug-likeness (QED) is 0.815. The zero-order valence-electron chi connectivity index (χ0n) is 11.5. The van der Waals surface area contributed by atoms with Crippen LogP contribution in [0.25, 0.3) is 0 Å². The number of hydrogen-bond acceptors (Lipinski definition) is 2. The van der Waals surface area contributed by atoms with Crippen LogP contribution < -0.4 is 0 Å². The number of nitrogens with zero attached hydrogens (tertiary/aromatic N) is 1. The van der Waals surface area contributed by atoms with Gasteiger partial charge in [-0.15, -0.1) is 0 Å². The molecule has 17 heavy (non-hydrogen) atoms. The van der Waals surface area contributed by atoms with Gasteiger partial charge < -0.3 is 10.0 Å². The Morgan fingerprint density at radius 2 is 2.24 bits per heavy atom. The summed E-state index contributed by atoms with van der Waals surface area (Å²) in [6.07, 6.45) is 8.53. The lowest BCUT2D eigenvalue weighted by atomic mass is 9.79. The van der Waals surface area contributed by atoms with Gasteiger partial charge in [-0.25, -0.2) is 0 Å². The second kappa shape index (κ2) is 5.43. The van der Waals surface area contributed by atoms with E-state index in [2.05, 4.69) is 24.8 Å². The highest BCUT2D eigenvalue weighted by Crippen LogP contribution is 2.33. The van der Waals surface area contributed by atoms with Gasteiger partial charge in [0.15, 0.2) is 0 Å². The first-order chi connectivity index (χ1) is 8.08. The minimum Gasteiger partial charge on any atom is -0.393 e.